The van der Waals surface area contributed by atoms with Crippen LogP contribution in [0.1, 0.15) is 28.8 Å². The van der Waals surface area contributed by atoms with E-state index in [9.17, 15) is 9.90 Å². The van der Waals surface area contributed by atoms with Crippen molar-refractivity contribution >= 4 is 5.97 Å². The van der Waals surface area contributed by atoms with Crippen molar-refractivity contribution in [2.75, 3.05) is 46.9 Å². The Balaban J connectivity index is 1.70. The fourth-order valence-corrected chi connectivity index (χ4v) is 3.29. The van der Waals surface area contributed by atoms with Crippen LogP contribution >= 0.6 is 0 Å². The fourth-order valence-electron chi connectivity index (χ4n) is 3.29. The van der Waals surface area contributed by atoms with Crippen LogP contribution in [0.25, 0.3) is 0 Å². The predicted molar refractivity (Wildman–Crippen MR) is 90.9 cm³/mol. The summed E-state index contributed by atoms with van der Waals surface area (Å²) in [6.07, 6.45) is 2.76. The molecule has 0 atom stereocenters. The zero-order valence-electron chi connectivity index (χ0n) is 14.5. The van der Waals surface area contributed by atoms with Gasteiger partial charge in [0.05, 0.1) is 19.8 Å². The number of nitrogens with zero attached hydrogens (tertiary/aromatic N) is 2. The maximum Gasteiger partial charge on any atom is 0.336 e. The van der Waals surface area contributed by atoms with Crippen molar-refractivity contribution in [2.45, 2.75) is 19.4 Å². The molecule has 1 aromatic carbocycles. The molecule has 0 spiro atoms. The average molecular weight is 334 g/mol. The number of ether oxygens (including phenoxy) is 2. The minimum absolute atomic E-state index is 0.256. The fraction of sp³-hybridized carbons (Fsp3) is 0.611. The summed E-state index contributed by atoms with van der Waals surface area (Å²) in [4.78, 5) is 16.5. The number of hydrogen-bond donors (Lipinski definition) is 1. The van der Waals surface area contributed by atoms with Crippen LogP contribution < -0.4 is 9.47 Å². The number of benzene rings is 1. The Morgan fingerprint density at radius 1 is 1.12 bits per heavy atom. The first-order chi connectivity index (χ1) is 11.6. The van der Waals surface area contributed by atoms with Crippen molar-refractivity contribution in [1.82, 2.24) is 9.80 Å². The number of carboxylic acids is 1. The molecule has 6 nitrogen and oxygen atoms in total. The lowest BCUT2D eigenvalue weighted by atomic mass is 10.0. The van der Waals surface area contributed by atoms with Crippen LogP contribution in [-0.4, -0.2) is 67.8 Å². The molecule has 132 valence electrons. The van der Waals surface area contributed by atoms with E-state index in [0.29, 0.717) is 18.0 Å². The van der Waals surface area contributed by atoms with E-state index < -0.39 is 5.97 Å². The zero-order valence-corrected chi connectivity index (χ0v) is 14.5. The van der Waals surface area contributed by atoms with Crippen molar-refractivity contribution in [3.63, 3.8) is 0 Å². The van der Waals surface area contributed by atoms with Crippen LogP contribution in [0.4, 0.5) is 0 Å². The zero-order chi connectivity index (χ0) is 17.1. The summed E-state index contributed by atoms with van der Waals surface area (Å²) < 4.78 is 10.6. The smallest absolute Gasteiger partial charge is 0.336 e. The predicted octanol–water partition coefficient (Wildman–Crippen LogP) is 1.93. The Kier molecular flexibility index (Phi) is 5.26. The molecule has 1 saturated heterocycles. The first-order valence-corrected chi connectivity index (χ1v) is 8.53. The highest BCUT2D eigenvalue weighted by Crippen LogP contribution is 2.32. The summed E-state index contributed by atoms with van der Waals surface area (Å²) in [5.74, 6) is 1.04. The van der Waals surface area contributed by atoms with Crippen molar-refractivity contribution in [3.8, 4) is 11.5 Å². The van der Waals surface area contributed by atoms with E-state index in [1.54, 1.807) is 19.2 Å². The molecule has 6 heteroatoms. The normalized spacial score (nSPS) is 19.2. The number of piperazine rings is 1. The third-order valence-corrected chi connectivity index (χ3v) is 4.93. The molecule has 0 radical (unpaired) electrons. The van der Waals surface area contributed by atoms with Gasteiger partial charge in [-0.15, -0.1) is 0 Å². The van der Waals surface area contributed by atoms with Crippen molar-refractivity contribution < 1.29 is 19.4 Å². The Labute approximate surface area is 143 Å². The molecule has 3 rings (SSSR count). The van der Waals surface area contributed by atoms with Gasteiger partial charge in [0.15, 0.2) is 0 Å². The lowest BCUT2D eigenvalue weighted by Gasteiger charge is -2.35. The van der Waals surface area contributed by atoms with Gasteiger partial charge in [-0.3, -0.25) is 4.90 Å². The van der Waals surface area contributed by atoms with Gasteiger partial charge in [-0.25, -0.2) is 4.79 Å². The maximum atomic E-state index is 11.6. The van der Waals surface area contributed by atoms with E-state index in [1.807, 2.05) is 0 Å². The van der Waals surface area contributed by atoms with E-state index in [2.05, 4.69) is 9.80 Å². The number of carbonyl (C=O) groups is 1. The molecule has 0 bridgehead atoms. The molecular formula is C18H26N2O4. The third kappa shape index (κ3) is 3.99. The number of methoxy groups -OCH3 is 2. The van der Waals surface area contributed by atoms with Gasteiger partial charge in [0.2, 0.25) is 0 Å². The Morgan fingerprint density at radius 3 is 2.33 bits per heavy atom. The van der Waals surface area contributed by atoms with Gasteiger partial charge in [-0.05, 0) is 24.8 Å². The van der Waals surface area contributed by atoms with Crippen molar-refractivity contribution in [1.29, 1.82) is 0 Å². The van der Waals surface area contributed by atoms with Gasteiger partial charge in [0.1, 0.15) is 11.5 Å². The molecular weight excluding hydrogens is 308 g/mol. The summed E-state index contributed by atoms with van der Waals surface area (Å²) in [6, 6.07) is 3.33. The molecule has 1 aromatic rings. The second-order valence-electron chi connectivity index (χ2n) is 6.68. The van der Waals surface area contributed by atoms with Crippen LogP contribution in [0.5, 0.6) is 11.5 Å². The van der Waals surface area contributed by atoms with Gasteiger partial charge in [0.25, 0.3) is 0 Å². The minimum Gasteiger partial charge on any atom is -0.497 e. The van der Waals surface area contributed by atoms with E-state index in [1.165, 1.54) is 26.5 Å². The second-order valence-corrected chi connectivity index (χ2v) is 6.68. The topological polar surface area (TPSA) is 62.2 Å². The van der Waals surface area contributed by atoms with Gasteiger partial charge < -0.3 is 19.5 Å². The summed E-state index contributed by atoms with van der Waals surface area (Å²) in [5, 5.41) is 9.55. The van der Waals surface area contributed by atoms with Crippen LogP contribution in [0.3, 0.4) is 0 Å². The molecule has 0 aromatic heterocycles. The molecule has 1 saturated carbocycles. The van der Waals surface area contributed by atoms with E-state index in [0.717, 1.165) is 37.7 Å². The average Bonchev–Trinajstić information content (AvgIpc) is 3.40. The molecule has 2 aliphatic rings. The second kappa shape index (κ2) is 7.40. The van der Waals surface area contributed by atoms with Gasteiger partial charge in [0, 0.05) is 50.9 Å². The van der Waals surface area contributed by atoms with E-state index in [4.69, 9.17) is 9.47 Å². The molecule has 2 fully saturated rings. The van der Waals surface area contributed by atoms with Crippen LogP contribution in [-0.2, 0) is 6.54 Å². The molecule has 1 aliphatic carbocycles. The van der Waals surface area contributed by atoms with Crippen LogP contribution in [0.2, 0.25) is 0 Å². The number of aromatic carboxylic acids is 1. The van der Waals surface area contributed by atoms with E-state index >= 15 is 0 Å². The third-order valence-electron chi connectivity index (χ3n) is 4.93. The Bertz CT molecular complexity index is 593. The Morgan fingerprint density at radius 2 is 1.79 bits per heavy atom. The summed E-state index contributed by atoms with van der Waals surface area (Å²) >= 11 is 0. The standard InChI is InChI=1S/C18H26N2O4/c1-23-14-9-15(18(21)22)16(17(10-14)24-2)12-20-7-5-19(6-8-20)11-13-3-4-13/h9-10,13H,3-8,11-12H2,1-2H3,(H,21,22). The maximum absolute atomic E-state index is 11.6. The first kappa shape index (κ1) is 17.0. The summed E-state index contributed by atoms with van der Waals surface area (Å²) in [6.45, 7) is 5.84. The molecule has 1 heterocycles. The van der Waals surface area contributed by atoms with E-state index in [-0.39, 0.29) is 5.56 Å². The van der Waals surface area contributed by atoms with Gasteiger partial charge in [-0.1, -0.05) is 0 Å². The quantitative estimate of drug-likeness (QED) is 0.822. The summed E-state index contributed by atoms with van der Waals surface area (Å²) in [7, 11) is 3.09. The van der Waals surface area contributed by atoms with Gasteiger partial charge >= 0.3 is 5.97 Å². The van der Waals surface area contributed by atoms with Crippen LogP contribution in [0, 0.1) is 5.92 Å². The SMILES string of the molecule is COc1cc(OC)c(CN2CCN(CC3CC3)CC2)c(C(=O)O)c1. The number of rotatable bonds is 7. The minimum atomic E-state index is -0.949. The van der Waals surface area contributed by atoms with Crippen molar-refractivity contribution in [2.24, 2.45) is 5.92 Å². The highest BCUT2D eigenvalue weighted by Gasteiger charge is 2.27. The first-order valence-electron chi connectivity index (χ1n) is 8.53. The largest absolute Gasteiger partial charge is 0.497 e. The monoisotopic (exact) mass is 334 g/mol. The molecule has 24 heavy (non-hydrogen) atoms. The highest BCUT2D eigenvalue weighted by atomic mass is 16.5. The number of hydrogen-bond acceptors (Lipinski definition) is 5. The van der Waals surface area contributed by atoms with Crippen molar-refractivity contribution in [3.05, 3.63) is 23.3 Å². The molecule has 0 amide bonds. The van der Waals surface area contributed by atoms with Crippen LogP contribution in [0.15, 0.2) is 12.1 Å². The highest BCUT2D eigenvalue weighted by molar-refractivity contribution is 5.91. The Hall–Kier alpha value is -1.79. The molecule has 1 aliphatic heterocycles. The molecule has 0 unspecified atom stereocenters. The number of carboxylic acid groups (broad SMARTS) is 1. The molecule has 1 N–H and O–H groups in total. The van der Waals surface area contributed by atoms with Gasteiger partial charge in [-0.2, -0.15) is 0 Å². The lowest BCUT2D eigenvalue weighted by molar-refractivity contribution is 0.0691. The summed E-state index contributed by atoms with van der Waals surface area (Å²) in [5.41, 5.74) is 0.980. The lowest BCUT2D eigenvalue weighted by Crippen LogP contribution is -2.46.